The second kappa shape index (κ2) is 7.53. The van der Waals surface area contributed by atoms with Crippen LogP contribution in [0.1, 0.15) is 24.2 Å². The summed E-state index contributed by atoms with van der Waals surface area (Å²) in [5.74, 6) is -0.414. The number of nitrogens with two attached hydrogens (primary N) is 1. The molecule has 0 aliphatic heterocycles. The van der Waals surface area contributed by atoms with Crippen LogP contribution in [0.4, 0.5) is 4.39 Å². The Morgan fingerprint density at radius 2 is 2.33 bits per heavy atom. The van der Waals surface area contributed by atoms with E-state index in [2.05, 4.69) is 10.1 Å². The lowest BCUT2D eigenvalue weighted by molar-refractivity contribution is 0.199. The van der Waals surface area contributed by atoms with E-state index in [-0.39, 0.29) is 12.1 Å². The number of hydrogen-bond donors (Lipinski definition) is 2. The average molecular weight is 327 g/mol. The molecule has 1 heterocycles. The van der Waals surface area contributed by atoms with Crippen molar-refractivity contribution in [1.82, 2.24) is 9.78 Å². The number of allylic oxidation sites excluding steroid dienone is 1. The quantitative estimate of drug-likeness (QED) is 0.649. The lowest BCUT2D eigenvalue weighted by Crippen LogP contribution is -2.02. The summed E-state index contributed by atoms with van der Waals surface area (Å²) in [6.45, 7) is 1.86. The number of aliphatic imine (C=N–C) groups is 1. The fourth-order valence-electron chi connectivity index (χ4n) is 2.39. The van der Waals surface area contributed by atoms with Gasteiger partial charge in [-0.1, -0.05) is 0 Å². The van der Waals surface area contributed by atoms with Crippen LogP contribution in [-0.4, -0.2) is 21.1 Å². The van der Waals surface area contributed by atoms with Crippen molar-refractivity contribution in [3.63, 3.8) is 0 Å². The molecule has 1 aromatic heterocycles. The summed E-state index contributed by atoms with van der Waals surface area (Å²) in [4.78, 5) is 4.19. The van der Waals surface area contributed by atoms with Gasteiger partial charge in [-0.3, -0.25) is 9.67 Å². The highest BCUT2D eigenvalue weighted by Gasteiger charge is 2.17. The van der Waals surface area contributed by atoms with Gasteiger partial charge in [0, 0.05) is 30.6 Å². The van der Waals surface area contributed by atoms with Crippen molar-refractivity contribution >= 4 is 6.21 Å². The number of halogens is 1. The van der Waals surface area contributed by atoms with Crippen molar-refractivity contribution in [3.8, 4) is 17.3 Å². The third kappa shape index (κ3) is 3.67. The zero-order chi connectivity index (χ0) is 17.7. The van der Waals surface area contributed by atoms with Gasteiger partial charge >= 0.3 is 0 Å². The highest BCUT2D eigenvalue weighted by molar-refractivity contribution is 5.83. The smallest absolute Gasteiger partial charge is 0.123 e. The van der Waals surface area contributed by atoms with Crippen molar-refractivity contribution in [2.45, 2.75) is 19.6 Å². The average Bonchev–Trinajstić information content (AvgIpc) is 2.92. The molecular weight excluding hydrogens is 309 g/mol. The zero-order valence-electron chi connectivity index (χ0n) is 13.4. The first-order valence-corrected chi connectivity index (χ1v) is 7.28. The summed E-state index contributed by atoms with van der Waals surface area (Å²) < 4.78 is 15.2. The summed E-state index contributed by atoms with van der Waals surface area (Å²) in [7, 11) is 1.76. The van der Waals surface area contributed by atoms with Gasteiger partial charge in [0.05, 0.1) is 30.1 Å². The second-order valence-electron chi connectivity index (χ2n) is 5.25. The molecule has 0 fully saturated rings. The van der Waals surface area contributed by atoms with E-state index in [1.807, 2.05) is 6.07 Å². The maximum atomic E-state index is 13.5. The Bertz CT molecular complexity index is 830. The lowest BCUT2D eigenvalue weighted by atomic mass is 9.98. The highest BCUT2D eigenvalue weighted by Crippen LogP contribution is 2.31. The topological polar surface area (TPSA) is 100 Å². The van der Waals surface area contributed by atoms with E-state index in [1.54, 1.807) is 30.9 Å². The highest BCUT2D eigenvalue weighted by atomic mass is 19.1. The van der Waals surface area contributed by atoms with Gasteiger partial charge in [0.15, 0.2) is 0 Å². The molecule has 0 aliphatic rings. The van der Waals surface area contributed by atoms with E-state index in [4.69, 9.17) is 11.0 Å². The van der Waals surface area contributed by atoms with Gasteiger partial charge in [-0.25, -0.2) is 4.39 Å². The molecule has 1 aromatic carbocycles. The van der Waals surface area contributed by atoms with Crippen molar-refractivity contribution in [1.29, 1.82) is 5.26 Å². The molecule has 0 radical (unpaired) electrons. The maximum absolute atomic E-state index is 13.5. The van der Waals surface area contributed by atoms with Gasteiger partial charge in [-0.05, 0) is 30.7 Å². The molecule has 1 atom stereocenters. The molecule has 0 aliphatic carbocycles. The third-order valence-electron chi connectivity index (χ3n) is 3.53. The number of nitrogens with zero attached hydrogens (tertiary/aromatic N) is 4. The Morgan fingerprint density at radius 1 is 1.58 bits per heavy atom. The number of aliphatic hydroxyl groups excluding tert-OH is 1. The number of aromatic nitrogens is 2. The van der Waals surface area contributed by atoms with E-state index in [0.29, 0.717) is 11.1 Å². The fraction of sp³-hybridized carbons (Fsp3) is 0.235. The number of aliphatic hydroxyl groups is 1. The summed E-state index contributed by atoms with van der Waals surface area (Å²) in [6.07, 6.45) is 3.39. The number of hydrogen-bond acceptors (Lipinski definition) is 5. The number of rotatable bonds is 5. The maximum Gasteiger partial charge on any atom is 0.123 e. The number of aryl methyl sites for hydroxylation is 1. The van der Waals surface area contributed by atoms with Crippen LogP contribution in [-0.2, 0) is 13.6 Å². The second-order valence-corrected chi connectivity index (χ2v) is 5.25. The molecule has 1 unspecified atom stereocenters. The molecule has 2 rings (SSSR count). The van der Waals surface area contributed by atoms with Gasteiger partial charge in [-0.15, -0.1) is 0 Å². The van der Waals surface area contributed by atoms with Crippen LogP contribution in [0.5, 0.6) is 0 Å². The predicted octanol–water partition coefficient (Wildman–Crippen LogP) is 2.22. The van der Waals surface area contributed by atoms with Gasteiger partial charge in [0.25, 0.3) is 0 Å². The summed E-state index contributed by atoms with van der Waals surface area (Å²) >= 11 is 0. The lowest BCUT2D eigenvalue weighted by Gasteiger charge is -2.14. The molecular formula is C17H18FN5O. The Morgan fingerprint density at radius 3 is 2.96 bits per heavy atom. The number of benzene rings is 1. The molecule has 2 aromatic rings. The van der Waals surface area contributed by atoms with Crippen LogP contribution >= 0.6 is 0 Å². The predicted molar refractivity (Wildman–Crippen MR) is 89.3 cm³/mol. The fourth-order valence-corrected chi connectivity index (χ4v) is 2.39. The van der Waals surface area contributed by atoms with Gasteiger partial charge in [0.2, 0.25) is 0 Å². The van der Waals surface area contributed by atoms with E-state index in [9.17, 15) is 9.50 Å². The molecule has 24 heavy (non-hydrogen) atoms. The Balaban J connectivity index is 2.43. The van der Waals surface area contributed by atoms with Gasteiger partial charge in [0.1, 0.15) is 11.9 Å². The standard InChI is InChI=1S/C17H18FN5O/c1-11(24)16-5-14(18)3-4-15(16)17-13(10-22-23(17)2)9-21-8-12(6-19)7-20/h3-6,8,10-11,24H,9,19H2,1-2H3. The first kappa shape index (κ1) is 17.4. The van der Waals surface area contributed by atoms with Crippen molar-refractivity contribution in [2.24, 2.45) is 17.8 Å². The van der Waals surface area contributed by atoms with Crippen molar-refractivity contribution < 1.29 is 9.50 Å². The monoisotopic (exact) mass is 327 g/mol. The molecule has 7 heteroatoms. The molecule has 0 saturated carbocycles. The summed E-state index contributed by atoms with van der Waals surface area (Å²) in [6, 6.07) is 6.17. The Kier molecular flexibility index (Phi) is 5.45. The van der Waals surface area contributed by atoms with Crippen LogP contribution in [0.25, 0.3) is 11.3 Å². The van der Waals surface area contributed by atoms with E-state index in [0.717, 1.165) is 11.3 Å². The molecule has 0 saturated heterocycles. The molecule has 0 bridgehead atoms. The largest absolute Gasteiger partial charge is 0.403 e. The SMILES string of the molecule is CC(O)c1cc(F)ccc1-c1c(CN=CC(C#N)=CN)cnn1C. The van der Waals surface area contributed by atoms with E-state index in [1.165, 1.54) is 24.5 Å². The minimum atomic E-state index is -0.827. The first-order valence-electron chi connectivity index (χ1n) is 7.28. The third-order valence-corrected chi connectivity index (χ3v) is 3.53. The zero-order valence-corrected chi connectivity index (χ0v) is 13.4. The minimum Gasteiger partial charge on any atom is -0.403 e. The molecule has 0 amide bonds. The van der Waals surface area contributed by atoms with Gasteiger partial charge in [-0.2, -0.15) is 10.4 Å². The molecule has 6 nitrogen and oxygen atoms in total. The minimum absolute atomic E-state index is 0.256. The van der Waals surface area contributed by atoms with Gasteiger partial charge < -0.3 is 10.8 Å². The van der Waals surface area contributed by atoms with E-state index >= 15 is 0 Å². The van der Waals surface area contributed by atoms with E-state index < -0.39 is 11.9 Å². The Hall–Kier alpha value is -2.98. The van der Waals surface area contributed by atoms with Crippen molar-refractivity contribution in [2.75, 3.05) is 0 Å². The summed E-state index contributed by atoms with van der Waals surface area (Å²) in [5.41, 5.74) is 8.24. The molecule has 0 spiro atoms. The molecule has 3 N–H and O–H groups in total. The normalized spacial score (nSPS) is 13.2. The van der Waals surface area contributed by atoms with Crippen LogP contribution in [0, 0.1) is 17.1 Å². The van der Waals surface area contributed by atoms with Crippen LogP contribution in [0.2, 0.25) is 0 Å². The number of nitriles is 1. The van der Waals surface area contributed by atoms with Crippen LogP contribution in [0.3, 0.4) is 0 Å². The molecule has 124 valence electrons. The Labute approximate surface area is 139 Å². The summed E-state index contributed by atoms with van der Waals surface area (Å²) in [5, 5.41) is 23.0. The first-order chi connectivity index (χ1) is 11.5. The van der Waals surface area contributed by atoms with Crippen molar-refractivity contribution in [3.05, 3.63) is 53.1 Å². The van der Waals surface area contributed by atoms with Crippen LogP contribution in [0.15, 0.2) is 41.2 Å². The van der Waals surface area contributed by atoms with Crippen LogP contribution < -0.4 is 5.73 Å².